The maximum absolute atomic E-state index is 14.2. The Kier molecular flexibility index (Phi) is 5.41. The number of anilines is 1. The molecule has 20 heavy (non-hydrogen) atoms. The third-order valence-corrected chi connectivity index (χ3v) is 4.22. The zero-order chi connectivity index (χ0) is 14.5. The third kappa shape index (κ3) is 3.72. The largest absolute Gasteiger partial charge is 0.371 e. The van der Waals surface area contributed by atoms with Gasteiger partial charge in [0.25, 0.3) is 0 Å². The molecule has 1 aromatic rings. The van der Waals surface area contributed by atoms with E-state index in [9.17, 15) is 4.39 Å². The molecule has 1 heterocycles. The highest BCUT2D eigenvalue weighted by Gasteiger charge is 2.21. The van der Waals surface area contributed by atoms with Crippen LogP contribution in [0.5, 0.6) is 0 Å². The van der Waals surface area contributed by atoms with Crippen molar-refractivity contribution in [1.29, 1.82) is 0 Å². The van der Waals surface area contributed by atoms with Crippen LogP contribution in [0.15, 0.2) is 18.2 Å². The van der Waals surface area contributed by atoms with Gasteiger partial charge in [0.2, 0.25) is 0 Å². The number of rotatable bonds is 5. The van der Waals surface area contributed by atoms with E-state index in [4.69, 9.17) is 0 Å². The van der Waals surface area contributed by atoms with Crippen LogP contribution in [0.25, 0.3) is 0 Å². The second-order valence-electron chi connectivity index (χ2n) is 6.14. The number of halogens is 1. The summed E-state index contributed by atoms with van der Waals surface area (Å²) in [7, 11) is 0. The fourth-order valence-corrected chi connectivity index (χ4v) is 2.94. The van der Waals surface area contributed by atoms with Gasteiger partial charge in [0.1, 0.15) is 5.82 Å². The van der Waals surface area contributed by atoms with Gasteiger partial charge in [0, 0.05) is 36.9 Å². The number of hydrogen-bond acceptors (Lipinski definition) is 2. The molecule has 0 spiro atoms. The van der Waals surface area contributed by atoms with Crippen molar-refractivity contribution in [2.24, 2.45) is 5.92 Å². The first kappa shape index (κ1) is 15.3. The van der Waals surface area contributed by atoms with Gasteiger partial charge in [-0.3, -0.25) is 0 Å². The molecular formula is C17H27FN2. The topological polar surface area (TPSA) is 15.3 Å². The van der Waals surface area contributed by atoms with E-state index >= 15 is 0 Å². The third-order valence-electron chi connectivity index (χ3n) is 4.22. The maximum Gasteiger partial charge on any atom is 0.129 e. The molecule has 2 rings (SSSR count). The quantitative estimate of drug-likeness (QED) is 0.877. The first-order valence-electron chi connectivity index (χ1n) is 7.87. The van der Waals surface area contributed by atoms with E-state index in [0.29, 0.717) is 12.6 Å². The van der Waals surface area contributed by atoms with Crippen molar-refractivity contribution >= 4 is 5.69 Å². The Balaban J connectivity index is 2.19. The lowest BCUT2D eigenvalue weighted by Gasteiger charge is -2.35. The van der Waals surface area contributed by atoms with Gasteiger partial charge in [-0.25, -0.2) is 4.39 Å². The molecule has 1 saturated heterocycles. The Labute approximate surface area is 122 Å². The average Bonchev–Trinajstić information content (AvgIpc) is 2.45. The van der Waals surface area contributed by atoms with Crippen LogP contribution in [0.2, 0.25) is 0 Å². The highest BCUT2D eigenvalue weighted by Crippen LogP contribution is 2.29. The number of hydrogen-bond donors (Lipinski definition) is 1. The molecule has 1 fully saturated rings. The molecule has 0 saturated carbocycles. The second kappa shape index (κ2) is 7.07. The fourth-order valence-electron chi connectivity index (χ4n) is 2.94. The first-order chi connectivity index (χ1) is 9.61. The number of nitrogens with one attached hydrogen (secondary N) is 1. The summed E-state index contributed by atoms with van der Waals surface area (Å²) in [6.45, 7) is 9.15. The van der Waals surface area contributed by atoms with Gasteiger partial charge < -0.3 is 10.2 Å². The van der Waals surface area contributed by atoms with Gasteiger partial charge in [0.15, 0.2) is 0 Å². The first-order valence-corrected chi connectivity index (χ1v) is 7.87. The van der Waals surface area contributed by atoms with E-state index in [1.54, 1.807) is 6.07 Å². The van der Waals surface area contributed by atoms with Gasteiger partial charge in [-0.2, -0.15) is 0 Å². The van der Waals surface area contributed by atoms with Crippen molar-refractivity contribution in [3.63, 3.8) is 0 Å². The smallest absolute Gasteiger partial charge is 0.129 e. The Hall–Kier alpha value is -1.09. The van der Waals surface area contributed by atoms with E-state index in [1.807, 2.05) is 6.07 Å². The minimum absolute atomic E-state index is 0.0886. The molecule has 0 aliphatic carbocycles. The molecule has 1 aliphatic rings. The minimum atomic E-state index is -0.0886. The molecular weight excluding hydrogens is 251 g/mol. The highest BCUT2D eigenvalue weighted by atomic mass is 19.1. The van der Waals surface area contributed by atoms with Crippen LogP contribution in [0.1, 0.15) is 45.6 Å². The van der Waals surface area contributed by atoms with Crippen LogP contribution in [-0.4, -0.2) is 19.1 Å². The SMILES string of the molecule is CCC1CCCN(c2cccc(F)c2CNC(C)C)C1. The Morgan fingerprint density at radius 2 is 2.20 bits per heavy atom. The molecule has 1 aromatic carbocycles. The summed E-state index contributed by atoms with van der Waals surface area (Å²) in [5, 5.41) is 3.34. The van der Waals surface area contributed by atoms with Crippen molar-refractivity contribution in [3.8, 4) is 0 Å². The van der Waals surface area contributed by atoms with Crippen LogP contribution in [0, 0.1) is 11.7 Å². The van der Waals surface area contributed by atoms with Gasteiger partial charge in [0.05, 0.1) is 0 Å². The van der Waals surface area contributed by atoms with Gasteiger partial charge in [-0.1, -0.05) is 33.3 Å². The molecule has 3 heteroatoms. The van der Waals surface area contributed by atoms with Crippen molar-refractivity contribution in [2.75, 3.05) is 18.0 Å². The lowest BCUT2D eigenvalue weighted by Crippen LogP contribution is -2.36. The predicted molar refractivity (Wildman–Crippen MR) is 83.6 cm³/mol. The molecule has 112 valence electrons. The monoisotopic (exact) mass is 278 g/mol. The summed E-state index contributed by atoms with van der Waals surface area (Å²) in [4.78, 5) is 2.37. The van der Waals surface area contributed by atoms with E-state index in [-0.39, 0.29) is 5.82 Å². The van der Waals surface area contributed by atoms with Crippen LogP contribution < -0.4 is 10.2 Å². The lowest BCUT2D eigenvalue weighted by molar-refractivity contribution is 0.403. The Bertz CT molecular complexity index is 431. The van der Waals surface area contributed by atoms with Gasteiger partial charge in [-0.15, -0.1) is 0 Å². The van der Waals surface area contributed by atoms with Gasteiger partial charge >= 0.3 is 0 Å². The maximum atomic E-state index is 14.2. The van der Waals surface area contributed by atoms with E-state index < -0.39 is 0 Å². The molecule has 2 nitrogen and oxygen atoms in total. The summed E-state index contributed by atoms with van der Waals surface area (Å²) in [5.41, 5.74) is 1.90. The van der Waals surface area contributed by atoms with Gasteiger partial charge in [-0.05, 0) is 30.9 Å². The van der Waals surface area contributed by atoms with Crippen LogP contribution >= 0.6 is 0 Å². The lowest BCUT2D eigenvalue weighted by atomic mass is 9.94. The second-order valence-corrected chi connectivity index (χ2v) is 6.14. The summed E-state index contributed by atoms with van der Waals surface area (Å²) in [5.74, 6) is 0.659. The summed E-state index contributed by atoms with van der Waals surface area (Å²) in [6, 6.07) is 5.84. The zero-order valence-electron chi connectivity index (χ0n) is 13.0. The number of nitrogens with zero attached hydrogens (tertiary/aromatic N) is 1. The van der Waals surface area contributed by atoms with Crippen molar-refractivity contribution in [2.45, 2.75) is 52.6 Å². The highest BCUT2D eigenvalue weighted by molar-refractivity contribution is 5.54. The molecule has 1 N–H and O–H groups in total. The van der Waals surface area contributed by atoms with Crippen LogP contribution in [0.4, 0.5) is 10.1 Å². The summed E-state index contributed by atoms with van der Waals surface area (Å²) < 4.78 is 14.2. The molecule has 1 aliphatic heterocycles. The van der Waals surface area contributed by atoms with E-state index in [2.05, 4.69) is 37.1 Å². The predicted octanol–water partition coefficient (Wildman–Crippen LogP) is 3.95. The Morgan fingerprint density at radius 3 is 2.90 bits per heavy atom. The summed E-state index contributed by atoms with van der Waals surface area (Å²) in [6.07, 6.45) is 3.74. The number of benzene rings is 1. The fraction of sp³-hybridized carbons (Fsp3) is 0.647. The van der Waals surface area contributed by atoms with Crippen LogP contribution in [-0.2, 0) is 6.54 Å². The van der Waals surface area contributed by atoms with E-state index in [0.717, 1.165) is 30.3 Å². The molecule has 0 aromatic heterocycles. The summed E-state index contributed by atoms with van der Waals surface area (Å²) >= 11 is 0. The van der Waals surface area contributed by atoms with E-state index in [1.165, 1.54) is 19.3 Å². The molecule has 1 atom stereocenters. The average molecular weight is 278 g/mol. The molecule has 0 radical (unpaired) electrons. The minimum Gasteiger partial charge on any atom is -0.371 e. The van der Waals surface area contributed by atoms with Crippen molar-refractivity contribution < 1.29 is 4.39 Å². The van der Waals surface area contributed by atoms with Crippen molar-refractivity contribution in [3.05, 3.63) is 29.6 Å². The Morgan fingerprint density at radius 1 is 1.40 bits per heavy atom. The van der Waals surface area contributed by atoms with Crippen molar-refractivity contribution in [1.82, 2.24) is 5.32 Å². The number of piperidine rings is 1. The normalized spacial score (nSPS) is 19.6. The molecule has 0 bridgehead atoms. The molecule has 0 amide bonds. The van der Waals surface area contributed by atoms with Crippen LogP contribution in [0.3, 0.4) is 0 Å². The molecule has 1 unspecified atom stereocenters. The zero-order valence-corrected chi connectivity index (χ0v) is 13.0. The standard InChI is InChI=1S/C17H27FN2/c1-4-14-7-6-10-20(12-14)17-9-5-8-16(18)15(17)11-19-13(2)3/h5,8-9,13-14,19H,4,6-7,10-12H2,1-3H3.